The van der Waals surface area contributed by atoms with E-state index in [2.05, 4.69) is 39.4 Å². The molecule has 2 fully saturated rings. The van der Waals surface area contributed by atoms with Gasteiger partial charge in [-0.25, -0.2) is 0 Å². The summed E-state index contributed by atoms with van der Waals surface area (Å²) in [6, 6.07) is 22.3. The molecule has 0 saturated carbocycles. The summed E-state index contributed by atoms with van der Waals surface area (Å²) in [5, 5.41) is 3.31. The zero-order valence-corrected chi connectivity index (χ0v) is 20.9. The molecule has 36 heavy (non-hydrogen) atoms. The first kappa shape index (κ1) is 24.4. The van der Waals surface area contributed by atoms with Crippen molar-refractivity contribution in [2.45, 2.75) is 24.3 Å². The second-order valence-electron chi connectivity index (χ2n) is 9.52. The molecule has 7 nitrogen and oxygen atoms in total. The third-order valence-corrected chi connectivity index (χ3v) is 7.63. The monoisotopic (exact) mass is 489 g/mol. The smallest absolute Gasteiger partial charge is 0.230 e. The quantitative estimate of drug-likeness (QED) is 0.516. The van der Waals surface area contributed by atoms with E-state index in [1.165, 1.54) is 5.69 Å². The predicted octanol–water partition coefficient (Wildman–Crippen LogP) is 4.02. The molecule has 190 valence electrons. The summed E-state index contributed by atoms with van der Waals surface area (Å²) in [5.74, 6) is 1.82. The molecule has 3 heterocycles. The standard InChI is InChI=1S/C29H35N3O4/c1-34-25-11-9-24(10-12-25)31-15-17-32(18-16-31)26(27-8-5-19-36-27)22-30-28(33)29(13-20-35-21-14-29)23-6-3-2-4-7-23/h2-12,19,26H,13-18,20-22H2,1H3,(H,30,33). The molecule has 0 radical (unpaired) electrons. The van der Waals surface area contributed by atoms with E-state index in [0.29, 0.717) is 32.6 Å². The van der Waals surface area contributed by atoms with E-state index in [0.717, 1.165) is 43.3 Å². The van der Waals surface area contributed by atoms with Crippen LogP contribution in [0.3, 0.4) is 0 Å². The number of hydrogen-bond donors (Lipinski definition) is 1. The highest BCUT2D eigenvalue weighted by molar-refractivity contribution is 5.88. The summed E-state index contributed by atoms with van der Waals surface area (Å²) in [7, 11) is 1.69. The van der Waals surface area contributed by atoms with E-state index in [-0.39, 0.29) is 11.9 Å². The third kappa shape index (κ3) is 5.13. The largest absolute Gasteiger partial charge is 0.497 e. The number of carbonyl (C=O) groups is 1. The molecule has 2 saturated heterocycles. The molecule has 7 heteroatoms. The maximum atomic E-state index is 13.7. The molecule has 1 atom stereocenters. The summed E-state index contributed by atoms with van der Waals surface area (Å²) in [5.41, 5.74) is 1.70. The van der Waals surface area contributed by atoms with Crippen molar-refractivity contribution < 1.29 is 18.7 Å². The Morgan fingerprint density at radius 3 is 2.33 bits per heavy atom. The van der Waals surface area contributed by atoms with Gasteiger partial charge in [-0.15, -0.1) is 0 Å². The van der Waals surface area contributed by atoms with E-state index in [1.54, 1.807) is 13.4 Å². The Bertz CT molecular complexity index is 1090. The molecule has 2 aromatic carbocycles. The second kappa shape index (κ2) is 11.2. The lowest BCUT2D eigenvalue weighted by molar-refractivity contribution is -0.130. The second-order valence-corrected chi connectivity index (χ2v) is 9.52. The van der Waals surface area contributed by atoms with E-state index in [9.17, 15) is 4.79 Å². The molecular weight excluding hydrogens is 454 g/mol. The summed E-state index contributed by atoms with van der Waals surface area (Å²) in [6.07, 6.45) is 3.09. The lowest BCUT2D eigenvalue weighted by Gasteiger charge is -2.40. The minimum atomic E-state index is -0.555. The summed E-state index contributed by atoms with van der Waals surface area (Å²) >= 11 is 0. The number of furan rings is 1. The van der Waals surface area contributed by atoms with Gasteiger partial charge in [-0.05, 0) is 54.8 Å². The fourth-order valence-electron chi connectivity index (χ4n) is 5.46. The zero-order valence-electron chi connectivity index (χ0n) is 20.9. The molecule has 1 unspecified atom stereocenters. The number of piperazine rings is 1. The molecule has 0 bridgehead atoms. The van der Waals surface area contributed by atoms with Crippen molar-refractivity contribution in [2.24, 2.45) is 0 Å². The first-order valence-corrected chi connectivity index (χ1v) is 12.8. The van der Waals surface area contributed by atoms with Gasteiger partial charge in [0.1, 0.15) is 11.5 Å². The molecule has 0 spiro atoms. The number of anilines is 1. The van der Waals surface area contributed by atoms with E-state index >= 15 is 0 Å². The van der Waals surface area contributed by atoms with E-state index in [1.807, 2.05) is 42.5 Å². The van der Waals surface area contributed by atoms with Crippen LogP contribution < -0.4 is 15.0 Å². The molecule has 1 amide bonds. The minimum Gasteiger partial charge on any atom is -0.497 e. The summed E-state index contributed by atoms with van der Waals surface area (Å²) < 4.78 is 16.7. The van der Waals surface area contributed by atoms with Gasteiger partial charge in [0.05, 0.1) is 24.8 Å². The van der Waals surface area contributed by atoms with Crippen LogP contribution in [0.1, 0.15) is 30.2 Å². The SMILES string of the molecule is COc1ccc(N2CCN(C(CNC(=O)C3(c4ccccc4)CCOCC3)c3ccco3)CC2)cc1. The molecule has 3 aromatic rings. The van der Waals surface area contributed by atoms with Crippen molar-refractivity contribution in [3.63, 3.8) is 0 Å². The first-order chi connectivity index (χ1) is 17.7. The maximum Gasteiger partial charge on any atom is 0.230 e. The Kier molecular flexibility index (Phi) is 7.58. The number of hydrogen-bond acceptors (Lipinski definition) is 6. The summed E-state index contributed by atoms with van der Waals surface area (Å²) in [6.45, 7) is 5.26. The topological polar surface area (TPSA) is 67.2 Å². The number of rotatable bonds is 8. The van der Waals surface area contributed by atoms with Crippen LogP contribution in [0, 0.1) is 0 Å². The highest BCUT2D eigenvalue weighted by atomic mass is 16.5. The van der Waals surface area contributed by atoms with Gasteiger partial charge in [-0.3, -0.25) is 9.69 Å². The fraction of sp³-hybridized carbons (Fsp3) is 0.414. The Morgan fingerprint density at radius 1 is 0.972 bits per heavy atom. The number of amides is 1. The van der Waals surface area contributed by atoms with Gasteiger partial charge in [-0.1, -0.05) is 30.3 Å². The Morgan fingerprint density at radius 2 is 1.69 bits per heavy atom. The molecule has 5 rings (SSSR count). The van der Waals surface area contributed by atoms with Crippen molar-refractivity contribution in [3.05, 3.63) is 84.3 Å². The van der Waals surface area contributed by atoms with Gasteiger partial charge < -0.3 is 24.1 Å². The molecule has 2 aliphatic rings. The van der Waals surface area contributed by atoms with Crippen LogP contribution in [-0.4, -0.2) is 63.9 Å². The van der Waals surface area contributed by atoms with Gasteiger partial charge in [0.25, 0.3) is 0 Å². The number of ether oxygens (including phenoxy) is 2. The molecule has 1 aromatic heterocycles. The summed E-state index contributed by atoms with van der Waals surface area (Å²) in [4.78, 5) is 18.5. The minimum absolute atomic E-state index is 0.0189. The highest BCUT2D eigenvalue weighted by Gasteiger charge is 2.42. The number of carbonyl (C=O) groups excluding carboxylic acids is 1. The number of benzene rings is 2. The van der Waals surface area contributed by atoms with Crippen molar-refractivity contribution in [1.29, 1.82) is 0 Å². The van der Waals surface area contributed by atoms with Crippen LogP contribution in [-0.2, 0) is 14.9 Å². The van der Waals surface area contributed by atoms with Crippen molar-refractivity contribution in [2.75, 3.05) is 57.9 Å². The van der Waals surface area contributed by atoms with Gasteiger partial charge in [0, 0.05) is 51.6 Å². The number of nitrogens with zero attached hydrogens (tertiary/aromatic N) is 2. The van der Waals surface area contributed by atoms with E-state index < -0.39 is 5.41 Å². The fourth-order valence-corrected chi connectivity index (χ4v) is 5.46. The van der Waals surface area contributed by atoms with Crippen molar-refractivity contribution in [1.82, 2.24) is 10.2 Å². The first-order valence-electron chi connectivity index (χ1n) is 12.8. The van der Waals surface area contributed by atoms with Gasteiger partial charge in [0.2, 0.25) is 5.91 Å². The predicted molar refractivity (Wildman–Crippen MR) is 139 cm³/mol. The van der Waals surface area contributed by atoms with E-state index in [4.69, 9.17) is 13.9 Å². The van der Waals surface area contributed by atoms with Crippen LogP contribution in [0.4, 0.5) is 5.69 Å². The van der Waals surface area contributed by atoms with Crippen LogP contribution in [0.25, 0.3) is 0 Å². The number of methoxy groups -OCH3 is 1. The van der Waals surface area contributed by atoms with Crippen LogP contribution in [0.15, 0.2) is 77.4 Å². The van der Waals surface area contributed by atoms with Crippen molar-refractivity contribution >= 4 is 11.6 Å². The lowest BCUT2D eigenvalue weighted by atomic mass is 9.73. The Hall–Kier alpha value is -3.29. The van der Waals surface area contributed by atoms with Crippen LogP contribution >= 0.6 is 0 Å². The molecule has 0 aliphatic carbocycles. The molecule has 1 N–H and O–H groups in total. The maximum absolute atomic E-state index is 13.7. The Labute approximate surface area is 213 Å². The van der Waals surface area contributed by atoms with Crippen LogP contribution in [0.5, 0.6) is 5.75 Å². The average Bonchev–Trinajstić information content (AvgIpc) is 3.49. The van der Waals surface area contributed by atoms with Crippen molar-refractivity contribution in [3.8, 4) is 5.75 Å². The van der Waals surface area contributed by atoms with Gasteiger partial charge in [-0.2, -0.15) is 0 Å². The van der Waals surface area contributed by atoms with Crippen LogP contribution in [0.2, 0.25) is 0 Å². The number of nitrogens with one attached hydrogen (secondary N) is 1. The van der Waals surface area contributed by atoms with Gasteiger partial charge >= 0.3 is 0 Å². The highest BCUT2D eigenvalue weighted by Crippen LogP contribution is 2.35. The Balaban J connectivity index is 1.27. The molecule has 2 aliphatic heterocycles. The normalized spacial score (nSPS) is 19.0. The molecular formula is C29H35N3O4. The average molecular weight is 490 g/mol. The lowest BCUT2D eigenvalue weighted by Crippen LogP contribution is -2.52. The zero-order chi connectivity index (χ0) is 24.8. The third-order valence-electron chi connectivity index (χ3n) is 7.63. The van der Waals surface area contributed by atoms with Gasteiger partial charge in [0.15, 0.2) is 0 Å².